The number of unbranched alkanes of at least 4 members (excludes halogenated alkanes) is 13. The zero-order valence-corrected chi connectivity index (χ0v) is 20.2. The molecule has 1 aliphatic heterocycles. The molecule has 1 heterocycles. The Labute approximate surface area is 182 Å². The lowest BCUT2D eigenvalue weighted by Gasteiger charge is -2.25. The molecule has 0 aliphatic carbocycles. The van der Waals surface area contributed by atoms with Gasteiger partial charge in [-0.3, -0.25) is 0 Å². The molecule has 1 aromatic carbocycles. The molecule has 165 valence electrons. The predicted octanol–water partition coefficient (Wildman–Crippen LogP) is 8.59. The van der Waals surface area contributed by atoms with E-state index in [2.05, 4.69) is 38.1 Å². The van der Waals surface area contributed by atoms with E-state index in [1.165, 1.54) is 102 Å². The number of fused-ring (bicyclic) bond motifs is 1. The monoisotopic (exact) mass is 417 g/mol. The highest BCUT2D eigenvalue weighted by molar-refractivity contribution is 6.45. The first-order valence-electron chi connectivity index (χ1n) is 12.5. The number of rotatable bonds is 17. The number of hydrogen-bond acceptors (Lipinski definition) is 2. The minimum Gasteiger partial charge on any atom is -0.518 e. The molecular weight excluding hydrogens is 372 g/mol. The molecular formula is C26H45O2Si. The van der Waals surface area contributed by atoms with Crippen molar-refractivity contribution in [3.8, 4) is 5.75 Å². The summed E-state index contributed by atoms with van der Waals surface area (Å²) < 4.78 is 12.1. The molecule has 3 heteroatoms. The standard InChI is InChI=1S/C26H45O2Si/c1-3-4-5-6-7-8-9-10-11-12-13-14-15-16-19-24(2)23-29-27-22-25-20-17-18-21-26(25)28-29/h17-18,20-21,24H,3-16,19,22-23H2,1-2H3. The smallest absolute Gasteiger partial charge is 0.458 e. The normalized spacial score (nSPS) is 15.1. The van der Waals surface area contributed by atoms with Crippen molar-refractivity contribution in [1.82, 2.24) is 0 Å². The summed E-state index contributed by atoms with van der Waals surface area (Å²) >= 11 is 0. The molecule has 1 radical (unpaired) electrons. The maximum atomic E-state index is 6.11. The third-order valence-corrected chi connectivity index (χ3v) is 8.09. The van der Waals surface area contributed by atoms with Gasteiger partial charge in [0.05, 0.1) is 6.61 Å². The zero-order chi connectivity index (χ0) is 20.6. The van der Waals surface area contributed by atoms with Gasteiger partial charge in [0.2, 0.25) is 0 Å². The minimum absolute atomic E-state index is 0.714. The summed E-state index contributed by atoms with van der Waals surface area (Å²) in [5.74, 6) is 1.77. The van der Waals surface area contributed by atoms with Gasteiger partial charge in [0.25, 0.3) is 0 Å². The molecule has 29 heavy (non-hydrogen) atoms. The first kappa shape index (κ1) is 24.5. The van der Waals surface area contributed by atoms with Gasteiger partial charge in [-0.2, -0.15) is 0 Å². The van der Waals surface area contributed by atoms with Gasteiger partial charge in [-0.25, -0.2) is 0 Å². The van der Waals surface area contributed by atoms with E-state index in [4.69, 9.17) is 8.85 Å². The third kappa shape index (κ3) is 11.2. The van der Waals surface area contributed by atoms with Crippen molar-refractivity contribution >= 4 is 9.28 Å². The van der Waals surface area contributed by atoms with Crippen molar-refractivity contribution < 1.29 is 8.85 Å². The van der Waals surface area contributed by atoms with E-state index < -0.39 is 9.28 Å². The second kappa shape index (κ2) is 16.0. The Bertz CT molecular complexity index is 519. The summed E-state index contributed by atoms with van der Waals surface area (Å²) in [5, 5.41) is 0. The summed E-state index contributed by atoms with van der Waals surface area (Å²) in [6, 6.07) is 9.41. The second-order valence-electron chi connectivity index (χ2n) is 9.06. The molecule has 2 rings (SSSR count). The van der Waals surface area contributed by atoms with Crippen LogP contribution >= 0.6 is 0 Å². The lowest BCUT2D eigenvalue weighted by atomic mass is 10.0. The fourth-order valence-corrected chi connectivity index (χ4v) is 6.00. The molecule has 1 atom stereocenters. The Morgan fingerprint density at radius 2 is 1.34 bits per heavy atom. The van der Waals surface area contributed by atoms with E-state index in [0.29, 0.717) is 5.92 Å². The first-order chi connectivity index (χ1) is 14.3. The summed E-state index contributed by atoms with van der Waals surface area (Å²) in [5.41, 5.74) is 1.20. The first-order valence-corrected chi connectivity index (χ1v) is 14.1. The van der Waals surface area contributed by atoms with E-state index in [0.717, 1.165) is 18.4 Å². The van der Waals surface area contributed by atoms with Gasteiger partial charge in [-0.1, -0.05) is 128 Å². The highest BCUT2D eigenvalue weighted by Crippen LogP contribution is 2.27. The number of para-hydroxylation sites is 1. The molecule has 2 nitrogen and oxygen atoms in total. The summed E-state index contributed by atoms with van der Waals surface area (Å²) in [4.78, 5) is 0. The van der Waals surface area contributed by atoms with Gasteiger partial charge in [-0.15, -0.1) is 0 Å². The Kier molecular flexibility index (Phi) is 13.5. The molecule has 0 saturated carbocycles. The van der Waals surface area contributed by atoms with Crippen LogP contribution in [0.5, 0.6) is 5.75 Å². The molecule has 0 amide bonds. The predicted molar refractivity (Wildman–Crippen MR) is 127 cm³/mol. The van der Waals surface area contributed by atoms with Crippen LogP contribution in [-0.2, 0) is 11.0 Å². The van der Waals surface area contributed by atoms with Gasteiger partial charge in [0, 0.05) is 11.6 Å². The minimum atomic E-state index is -1.13. The van der Waals surface area contributed by atoms with Gasteiger partial charge in [0.15, 0.2) is 0 Å². The van der Waals surface area contributed by atoms with Crippen molar-refractivity contribution in [1.29, 1.82) is 0 Å². The van der Waals surface area contributed by atoms with Crippen LogP contribution in [-0.4, -0.2) is 9.28 Å². The van der Waals surface area contributed by atoms with Gasteiger partial charge in [0.1, 0.15) is 5.75 Å². The lowest BCUT2D eigenvalue weighted by molar-refractivity contribution is 0.222. The van der Waals surface area contributed by atoms with Crippen LogP contribution in [0.1, 0.15) is 116 Å². The van der Waals surface area contributed by atoms with Crippen molar-refractivity contribution in [3.05, 3.63) is 29.8 Å². The van der Waals surface area contributed by atoms with Crippen LogP contribution < -0.4 is 4.43 Å². The topological polar surface area (TPSA) is 18.5 Å². The Morgan fingerprint density at radius 1 is 0.793 bits per heavy atom. The molecule has 0 spiro atoms. The molecule has 1 aliphatic rings. The molecule has 1 aromatic rings. The average Bonchev–Trinajstić information content (AvgIpc) is 2.74. The van der Waals surface area contributed by atoms with E-state index in [1.54, 1.807) is 0 Å². The summed E-state index contributed by atoms with van der Waals surface area (Å²) in [6.07, 6.45) is 21.4. The Hall–Kier alpha value is -0.803. The van der Waals surface area contributed by atoms with E-state index in [9.17, 15) is 0 Å². The maximum Gasteiger partial charge on any atom is 0.458 e. The van der Waals surface area contributed by atoms with Crippen molar-refractivity contribution in [2.24, 2.45) is 5.92 Å². The van der Waals surface area contributed by atoms with Crippen molar-refractivity contribution in [3.63, 3.8) is 0 Å². The van der Waals surface area contributed by atoms with Gasteiger partial charge in [-0.05, 0) is 12.0 Å². The molecule has 0 fully saturated rings. The van der Waals surface area contributed by atoms with Gasteiger partial charge < -0.3 is 8.85 Å². The van der Waals surface area contributed by atoms with Crippen LogP contribution in [0.4, 0.5) is 0 Å². The molecule has 0 N–H and O–H groups in total. The zero-order valence-electron chi connectivity index (χ0n) is 19.2. The quantitative estimate of drug-likeness (QED) is 0.186. The van der Waals surface area contributed by atoms with E-state index in [-0.39, 0.29) is 0 Å². The van der Waals surface area contributed by atoms with E-state index in [1.807, 2.05) is 0 Å². The molecule has 1 unspecified atom stereocenters. The van der Waals surface area contributed by atoms with Crippen LogP contribution in [0.3, 0.4) is 0 Å². The van der Waals surface area contributed by atoms with Crippen molar-refractivity contribution in [2.75, 3.05) is 0 Å². The van der Waals surface area contributed by atoms with E-state index >= 15 is 0 Å². The van der Waals surface area contributed by atoms with Crippen LogP contribution in [0.15, 0.2) is 24.3 Å². The Morgan fingerprint density at radius 3 is 1.97 bits per heavy atom. The number of hydrogen-bond donors (Lipinski definition) is 0. The SMILES string of the molecule is CCCCCCCCCCCCCCCCC(C)C[Si]1OCc2ccccc2O1. The second-order valence-corrected chi connectivity index (χ2v) is 10.7. The lowest BCUT2D eigenvalue weighted by Crippen LogP contribution is -2.32. The van der Waals surface area contributed by atoms with Crippen molar-refractivity contribution in [2.45, 2.75) is 123 Å². The molecule has 0 saturated heterocycles. The fraction of sp³-hybridized carbons (Fsp3) is 0.769. The average molecular weight is 418 g/mol. The maximum absolute atomic E-state index is 6.11. The Balaban J connectivity index is 1.36. The fourth-order valence-electron chi connectivity index (χ4n) is 4.21. The molecule has 0 bridgehead atoms. The third-order valence-electron chi connectivity index (χ3n) is 6.15. The molecule has 0 aromatic heterocycles. The highest BCUT2D eigenvalue weighted by atomic mass is 28.3. The van der Waals surface area contributed by atoms with Gasteiger partial charge >= 0.3 is 9.28 Å². The summed E-state index contributed by atoms with van der Waals surface area (Å²) in [7, 11) is -1.13. The summed E-state index contributed by atoms with van der Waals surface area (Å²) in [6.45, 7) is 5.39. The van der Waals surface area contributed by atoms with Crippen LogP contribution in [0.2, 0.25) is 6.04 Å². The van der Waals surface area contributed by atoms with Crippen LogP contribution in [0.25, 0.3) is 0 Å². The number of benzene rings is 1. The highest BCUT2D eigenvalue weighted by Gasteiger charge is 2.26. The van der Waals surface area contributed by atoms with Crippen LogP contribution in [0, 0.1) is 5.92 Å². The largest absolute Gasteiger partial charge is 0.518 e.